The van der Waals surface area contributed by atoms with E-state index in [0.29, 0.717) is 30.7 Å². The number of carbonyl (C=O) groups is 4. The minimum atomic E-state index is -4.34. The third-order valence-electron chi connectivity index (χ3n) is 10.5. The van der Waals surface area contributed by atoms with Crippen LogP contribution in [0.15, 0.2) is 53.0 Å². The molecule has 0 spiro atoms. The van der Waals surface area contributed by atoms with E-state index >= 15 is 0 Å². The molecule has 4 aliphatic carbocycles. The van der Waals surface area contributed by atoms with Crippen molar-refractivity contribution in [1.29, 1.82) is 0 Å². The fourth-order valence-corrected chi connectivity index (χ4v) is 9.29. The van der Waals surface area contributed by atoms with Gasteiger partial charge in [0, 0.05) is 28.2 Å². The van der Waals surface area contributed by atoms with E-state index in [4.69, 9.17) is 25.3 Å². The van der Waals surface area contributed by atoms with Gasteiger partial charge in [0.15, 0.2) is 11.4 Å². The molecule has 1 aromatic rings. The summed E-state index contributed by atoms with van der Waals surface area (Å²) < 4.78 is 42.4. The predicted octanol–water partition coefficient (Wildman–Crippen LogP) is 6.18. The standard InChI is InChI=1S/C33H39ClO9S/c1-4-5-6-17-41-30(38)43-33(28(37)20-42-44(39,40)24-10-8-22(34)9-11-24)16-14-26-25-12-7-21-18-23(35)13-15-31(21,2)29(25)27(36)19-32(26,33)3/h8-11,13,15,18,25-26,29H,4-7,12,14,16-17,19-20H2,1-3H3/t25-,26-,29+,31-,32-,33-/m0/s1. The van der Waals surface area contributed by atoms with Gasteiger partial charge >= 0.3 is 6.16 Å². The first kappa shape index (κ1) is 32.6. The van der Waals surface area contributed by atoms with Crippen molar-refractivity contribution in [2.75, 3.05) is 13.2 Å². The zero-order valence-corrected chi connectivity index (χ0v) is 26.9. The maximum atomic E-state index is 14.2. The molecule has 3 saturated carbocycles. The smallest absolute Gasteiger partial charge is 0.434 e. The van der Waals surface area contributed by atoms with Gasteiger partial charge in [-0.2, -0.15) is 8.42 Å². The normalized spacial score (nSPS) is 32.7. The minimum Gasteiger partial charge on any atom is -0.434 e. The highest BCUT2D eigenvalue weighted by Gasteiger charge is 2.70. The van der Waals surface area contributed by atoms with Gasteiger partial charge in [0.05, 0.1) is 11.5 Å². The van der Waals surface area contributed by atoms with Crippen LogP contribution in [0.1, 0.15) is 72.1 Å². The van der Waals surface area contributed by atoms with E-state index in [1.165, 1.54) is 30.3 Å². The second kappa shape index (κ2) is 12.2. The van der Waals surface area contributed by atoms with Crippen molar-refractivity contribution < 1.29 is 41.3 Å². The van der Waals surface area contributed by atoms with E-state index < -0.39 is 51.0 Å². The summed E-state index contributed by atoms with van der Waals surface area (Å²) in [6, 6.07) is 5.34. The molecule has 0 heterocycles. The van der Waals surface area contributed by atoms with Crippen LogP contribution in [0.25, 0.3) is 0 Å². The molecule has 11 heteroatoms. The molecule has 0 unspecified atom stereocenters. The van der Waals surface area contributed by atoms with Gasteiger partial charge in [-0.3, -0.25) is 18.6 Å². The number of hydrogen-bond donors (Lipinski definition) is 0. The molecular weight excluding hydrogens is 608 g/mol. The average molecular weight is 647 g/mol. The van der Waals surface area contributed by atoms with Gasteiger partial charge in [0.2, 0.25) is 5.78 Å². The molecule has 6 atom stereocenters. The van der Waals surface area contributed by atoms with E-state index in [0.717, 1.165) is 18.4 Å². The second-order valence-electron chi connectivity index (χ2n) is 12.9. The van der Waals surface area contributed by atoms with Gasteiger partial charge in [0.25, 0.3) is 10.1 Å². The van der Waals surface area contributed by atoms with Crippen molar-refractivity contribution >= 4 is 45.2 Å². The molecule has 0 radical (unpaired) electrons. The Balaban J connectivity index is 1.45. The Morgan fingerprint density at radius 1 is 1.07 bits per heavy atom. The highest BCUT2D eigenvalue weighted by molar-refractivity contribution is 7.86. The predicted molar refractivity (Wildman–Crippen MR) is 161 cm³/mol. The molecule has 0 saturated heterocycles. The molecule has 3 fully saturated rings. The Labute approximate surface area is 263 Å². The van der Waals surface area contributed by atoms with Crippen LogP contribution in [0.3, 0.4) is 0 Å². The molecule has 44 heavy (non-hydrogen) atoms. The summed E-state index contributed by atoms with van der Waals surface area (Å²) in [5.41, 5.74) is -2.62. The van der Waals surface area contributed by atoms with E-state index in [9.17, 15) is 27.6 Å². The van der Waals surface area contributed by atoms with E-state index in [1.54, 1.807) is 13.0 Å². The lowest BCUT2D eigenvalue weighted by Crippen LogP contribution is -2.62. The second-order valence-corrected chi connectivity index (χ2v) is 15.0. The van der Waals surface area contributed by atoms with Crippen molar-refractivity contribution in [1.82, 2.24) is 0 Å². The van der Waals surface area contributed by atoms with Crippen LogP contribution in [0.4, 0.5) is 4.79 Å². The molecule has 4 aliphatic rings. The number of rotatable bonds is 10. The summed E-state index contributed by atoms with van der Waals surface area (Å²) in [6.45, 7) is 5.03. The number of allylic oxidation sites excluding steroid dienone is 4. The van der Waals surface area contributed by atoms with Crippen molar-refractivity contribution in [3.05, 3.63) is 53.1 Å². The van der Waals surface area contributed by atoms with Gasteiger partial charge < -0.3 is 9.47 Å². The number of hydrogen-bond acceptors (Lipinski definition) is 9. The van der Waals surface area contributed by atoms with Crippen LogP contribution < -0.4 is 0 Å². The van der Waals surface area contributed by atoms with Gasteiger partial charge in [-0.1, -0.05) is 56.9 Å². The summed E-state index contributed by atoms with van der Waals surface area (Å²) in [6.07, 6.45) is 8.18. The molecule has 1 aromatic carbocycles. The Morgan fingerprint density at radius 2 is 1.80 bits per heavy atom. The molecule has 0 amide bonds. The average Bonchev–Trinajstić information content (AvgIpc) is 3.26. The first-order chi connectivity index (χ1) is 20.8. The Kier molecular flexibility index (Phi) is 9.01. The third kappa shape index (κ3) is 5.58. The summed E-state index contributed by atoms with van der Waals surface area (Å²) in [4.78, 5) is 53.3. The molecule has 9 nitrogen and oxygen atoms in total. The van der Waals surface area contributed by atoms with Gasteiger partial charge in [-0.25, -0.2) is 4.79 Å². The Morgan fingerprint density at radius 3 is 2.50 bits per heavy atom. The van der Waals surface area contributed by atoms with Crippen molar-refractivity contribution in [3.8, 4) is 0 Å². The van der Waals surface area contributed by atoms with E-state index in [-0.39, 0.29) is 47.7 Å². The summed E-state index contributed by atoms with van der Waals surface area (Å²) in [5, 5.41) is 0.338. The minimum absolute atomic E-state index is 0.0533. The van der Waals surface area contributed by atoms with Crippen LogP contribution in [0, 0.1) is 28.6 Å². The summed E-state index contributed by atoms with van der Waals surface area (Å²) in [5.74, 6) is -1.59. The highest BCUT2D eigenvalue weighted by Crippen LogP contribution is 2.67. The third-order valence-corrected chi connectivity index (χ3v) is 12.0. The largest absolute Gasteiger partial charge is 0.509 e. The Hall–Kier alpha value is -2.82. The lowest BCUT2D eigenvalue weighted by atomic mass is 9.46. The van der Waals surface area contributed by atoms with Crippen LogP contribution in [-0.2, 0) is 38.2 Å². The van der Waals surface area contributed by atoms with Gasteiger partial charge in [-0.05, 0) is 80.4 Å². The fourth-order valence-electron chi connectivity index (χ4n) is 8.30. The zero-order chi connectivity index (χ0) is 31.9. The van der Waals surface area contributed by atoms with Crippen LogP contribution in [0.2, 0.25) is 5.02 Å². The van der Waals surface area contributed by atoms with E-state index in [1.807, 2.05) is 19.9 Å². The first-order valence-corrected chi connectivity index (χ1v) is 17.1. The van der Waals surface area contributed by atoms with Crippen molar-refractivity contribution in [2.45, 2.75) is 82.6 Å². The van der Waals surface area contributed by atoms with Gasteiger partial charge in [-0.15, -0.1) is 0 Å². The number of ether oxygens (including phenoxy) is 2. The quantitative estimate of drug-likeness (QED) is 0.166. The van der Waals surface area contributed by atoms with Gasteiger partial charge in [0.1, 0.15) is 12.4 Å². The number of Topliss-reactive ketones (excluding diaryl/α,β-unsaturated/α-hetero) is 2. The fraction of sp³-hybridized carbons (Fsp3) is 0.576. The molecule has 0 N–H and O–H groups in total. The van der Waals surface area contributed by atoms with Crippen LogP contribution >= 0.6 is 11.6 Å². The molecule has 238 valence electrons. The first-order valence-electron chi connectivity index (χ1n) is 15.3. The summed E-state index contributed by atoms with van der Waals surface area (Å²) in [7, 11) is -4.34. The lowest BCUT2D eigenvalue weighted by Gasteiger charge is -2.57. The lowest BCUT2D eigenvalue weighted by molar-refractivity contribution is -0.172. The molecule has 5 rings (SSSR count). The highest BCUT2D eigenvalue weighted by atomic mass is 35.5. The van der Waals surface area contributed by atoms with Crippen molar-refractivity contribution in [2.24, 2.45) is 28.6 Å². The summed E-state index contributed by atoms with van der Waals surface area (Å²) >= 11 is 5.89. The van der Waals surface area contributed by atoms with E-state index in [2.05, 4.69) is 0 Å². The zero-order valence-electron chi connectivity index (χ0n) is 25.3. The molecule has 0 bridgehead atoms. The SMILES string of the molecule is CCCCCOC(=O)O[C@]1(C(=O)COS(=O)(=O)c2ccc(Cl)cc2)CC[C@H]2[C@@H]3CCC4=CC(=O)C=C[C@]4(C)[C@H]3C(=O)C[C@@]21C. The molecular formula is C33H39ClO9S. The number of fused-ring (bicyclic) bond motifs is 5. The molecule has 0 aliphatic heterocycles. The number of halogens is 1. The maximum absolute atomic E-state index is 14.2. The molecule has 0 aromatic heterocycles. The Bertz CT molecular complexity index is 1510. The number of carbonyl (C=O) groups excluding carboxylic acids is 4. The number of unbranched alkanes of at least 4 members (excludes halogenated alkanes) is 2. The number of ketones is 3. The monoisotopic (exact) mass is 646 g/mol. The van der Waals surface area contributed by atoms with Crippen molar-refractivity contribution in [3.63, 3.8) is 0 Å². The topological polar surface area (TPSA) is 130 Å². The maximum Gasteiger partial charge on any atom is 0.509 e. The van der Waals surface area contributed by atoms with Crippen LogP contribution in [-0.4, -0.2) is 50.7 Å². The van der Waals surface area contributed by atoms with Crippen LogP contribution in [0.5, 0.6) is 0 Å². The number of benzene rings is 1.